The lowest BCUT2D eigenvalue weighted by atomic mass is 10.0. The van der Waals surface area contributed by atoms with E-state index >= 15 is 0 Å². The second-order valence-electron chi connectivity index (χ2n) is 9.41. The molecule has 3 N–H and O–H groups in total. The van der Waals surface area contributed by atoms with Crippen LogP contribution in [-0.2, 0) is 14.8 Å². The molecule has 2 unspecified atom stereocenters. The molecule has 2 amide bonds. The van der Waals surface area contributed by atoms with Crippen LogP contribution >= 0.6 is 0 Å². The average molecular weight is 540 g/mol. The zero-order valence-corrected chi connectivity index (χ0v) is 22.1. The van der Waals surface area contributed by atoms with Gasteiger partial charge in [0.05, 0.1) is 17.7 Å². The van der Waals surface area contributed by atoms with E-state index in [1.165, 1.54) is 16.6 Å². The third-order valence-electron chi connectivity index (χ3n) is 6.65. The number of hydrogen-bond donors (Lipinski definition) is 3. The molecule has 4 rings (SSSR count). The number of nitrogens with one attached hydrogen (secondary N) is 2. The molecule has 3 aromatic rings. The Morgan fingerprint density at radius 3 is 2.68 bits per heavy atom. The number of amides is 2. The highest BCUT2D eigenvalue weighted by Gasteiger charge is 2.35. The second-order valence-corrected chi connectivity index (χ2v) is 11.3. The highest BCUT2D eigenvalue weighted by Crippen LogP contribution is 2.20. The van der Waals surface area contributed by atoms with Gasteiger partial charge in [0.2, 0.25) is 5.91 Å². The van der Waals surface area contributed by atoms with Gasteiger partial charge in [-0.05, 0) is 43.5 Å². The van der Waals surface area contributed by atoms with Gasteiger partial charge in [-0.15, -0.1) is 0 Å². The van der Waals surface area contributed by atoms with Gasteiger partial charge in [0.1, 0.15) is 11.7 Å². The number of rotatable bonds is 9. The van der Waals surface area contributed by atoms with Crippen molar-refractivity contribution in [2.24, 2.45) is 0 Å². The Bertz CT molecular complexity index is 1370. The second kappa shape index (κ2) is 12.4. The van der Waals surface area contributed by atoms with Crippen molar-refractivity contribution in [3.05, 3.63) is 66.5 Å². The van der Waals surface area contributed by atoms with Crippen LogP contribution in [0.4, 0.5) is 0 Å². The van der Waals surface area contributed by atoms with E-state index in [0.717, 1.165) is 11.8 Å². The van der Waals surface area contributed by atoms with Crippen LogP contribution in [0.1, 0.15) is 49.5 Å². The van der Waals surface area contributed by atoms with Crippen LogP contribution in [0.2, 0.25) is 0 Å². The van der Waals surface area contributed by atoms with Crippen LogP contribution in [0.3, 0.4) is 0 Å². The molecule has 0 radical (unpaired) electrons. The average Bonchev–Trinajstić information content (AvgIpc) is 3.12. The van der Waals surface area contributed by atoms with Gasteiger partial charge in [0, 0.05) is 24.7 Å². The van der Waals surface area contributed by atoms with Crippen molar-refractivity contribution in [1.82, 2.24) is 24.9 Å². The lowest BCUT2D eigenvalue weighted by Crippen LogP contribution is -2.53. The number of para-hydroxylation sites is 1. The largest absolute Gasteiger partial charge is 0.390 e. The molecule has 2 aromatic heterocycles. The summed E-state index contributed by atoms with van der Waals surface area (Å²) in [6.07, 6.45) is 3.09. The van der Waals surface area contributed by atoms with Crippen molar-refractivity contribution in [2.75, 3.05) is 13.1 Å². The van der Waals surface area contributed by atoms with E-state index in [1.807, 2.05) is 37.3 Å². The number of aliphatic hydroxyl groups is 1. The first kappa shape index (κ1) is 27.6. The summed E-state index contributed by atoms with van der Waals surface area (Å²) in [4.78, 5) is 34.6. The lowest BCUT2D eigenvalue weighted by Gasteiger charge is -2.27. The number of pyridine rings is 2. The molecule has 1 fully saturated rings. The van der Waals surface area contributed by atoms with Crippen molar-refractivity contribution in [3.63, 3.8) is 0 Å². The summed E-state index contributed by atoms with van der Waals surface area (Å²) in [5.41, 5.74) is 0.893. The highest BCUT2D eigenvalue weighted by atomic mass is 32.2. The van der Waals surface area contributed by atoms with Gasteiger partial charge in [0.15, 0.2) is 5.03 Å². The summed E-state index contributed by atoms with van der Waals surface area (Å²) >= 11 is 0. The number of fused-ring (bicyclic) bond motifs is 1. The van der Waals surface area contributed by atoms with Crippen LogP contribution in [0, 0.1) is 0 Å². The minimum atomic E-state index is -3.88. The van der Waals surface area contributed by atoms with Gasteiger partial charge in [-0.2, -0.15) is 4.31 Å². The highest BCUT2D eigenvalue weighted by molar-refractivity contribution is 7.89. The number of carbonyl (C=O) groups excluding carboxylic acids is 2. The molecule has 3 atom stereocenters. The zero-order chi connectivity index (χ0) is 27.1. The predicted molar refractivity (Wildman–Crippen MR) is 143 cm³/mol. The molecule has 1 aliphatic rings. The Balaban J connectivity index is 1.43. The Hall–Kier alpha value is -3.41. The summed E-state index contributed by atoms with van der Waals surface area (Å²) in [6.45, 7) is 2.02. The van der Waals surface area contributed by atoms with Gasteiger partial charge < -0.3 is 15.7 Å². The molecule has 38 heavy (non-hydrogen) atoms. The molecular formula is C27H33N5O5S. The number of unbranched alkanes of at least 4 members (excludes halogenated alkanes) is 1. The smallest absolute Gasteiger partial charge is 0.270 e. The molecule has 10 nitrogen and oxygen atoms in total. The lowest BCUT2D eigenvalue weighted by molar-refractivity contribution is -0.124. The van der Waals surface area contributed by atoms with Gasteiger partial charge in [-0.1, -0.05) is 50.1 Å². The predicted octanol–water partition coefficient (Wildman–Crippen LogP) is 2.25. The van der Waals surface area contributed by atoms with E-state index < -0.39 is 40.0 Å². The Morgan fingerprint density at radius 2 is 1.92 bits per heavy atom. The molecule has 1 saturated heterocycles. The van der Waals surface area contributed by atoms with Crippen molar-refractivity contribution >= 4 is 32.7 Å². The first-order valence-corrected chi connectivity index (χ1v) is 14.3. The fraction of sp³-hybridized carbons (Fsp3) is 0.407. The molecular weight excluding hydrogens is 506 g/mol. The maximum absolute atomic E-state index is 13.3. The monoisotopic (exact) mass is 539 g/mol. The molecule has 3 heterocycles. The summed E-state index contributed by atoms with van der Waals surface area (Å²) < 4.78 is 27.2. The first-order valence-electron chi connectivity index (χ1n) is 12.9. The van der Waals surface area contributed by atoms with E-state index in [1.54, 1.807) is 18.2 Å². The fourth-order valence-corrected chi connectivity index (χ4v) is 5.94. The maximum Gasteiger partial charge on any atom is 0.270 e. The number of carbonyl (C=O) groups is 2. The number of benzene rings is 1. The minimum Gasteiger partial charge on any atom is -0.390 e. The molecule has 0 aliphatic carbocycles. The minimum absolute atomic E-state index is 0.0840. The summed E-state index contributed by atoms with van der Waals surface area (Å²) in [5.74, 6) is -0.876. The van der Waals surface area contributed by atoms with Gasteiger partial charge >= 0.3 is 0 Å². The first-order chi connectivity index (χ1) is 18.3. The van der Waals surface area contributed by atoms with Crippen LogP contribution in [0.15, 0.2) is 65.8 Å². The Kier molecular flexibility index (Phi) is 9.03. The normalized spacial score (nSPS) is 19.4. The summed E-state index contributed by atoms with van der Waals surface area (Å²) in [5, 5.41) is 17.3. The molecule has 202 valence electrons. The molecule has 1 aliphatic heterocycles. The number of sulfonamides is 1. The van der Waals surface area contributed by atoms with E-state index in [0.29, 0.717) is 31.2 Å². The van der Waals surface area contributed by atoms with Crippen LogP contribution < -0.4 is 10.6 Å². The van der Waals surface area contributed by atoms with Crippen LogP contribution in [0.5, 0.6) is 0 Å². The quantitative estimate of drug-likeness (QED) is 0.379. The number of aliphatic hydroxyl groups excluding tert-OH is 1. The molecule has 0 saturated carbocycles. The third kappa shape index (κ3) is 6.53. The molecule has 11 heteroatoms. The Labute approximate surface area is 222 Å². The summed E-state index contributed by atoms with van der Waals surface area (Å²) in [7, 11) is -3.88. The number of aromatic nitrogens is 2. The van der Waals surface area contributed by atoms with Gasteiger partial charge in [-0.25, -0.2) is 18.4 Å². The third-order valence-corrected chi connectivity index (χ3v) is 8.43. The summed E-state index contributed by atoms with van der Waals surface area (Å²) in [6, 6.07) is 14.0. The van der Waals surface area contributed by atoms with Crippen LogP contribution in [0.25, 0.3) is 10.9 Å². The van der Waals surface area contributed by atoms with E-state index in [4.69, 9.17) is 0 Å². The molecule has 1 aromatic carbocycles. The van der Waals surface area contributed by atoms with Gasteiger partial charge in [-0.3, -0.25) is 9.59 Å². The van der Waals surface area contributed by atoms with Crippen molar-refractivity contribution in [2.45, 2.75) is 62.2 Å². The van der Waals surface area contributed by atoms with Crippen molar-refractivity contribution < 1.29 is 23.1 Å². The maximum atomic E-state index is 13.3. The number of β-amino-alcohol motifs (C(OH)–C–C–N with tert-alkyl or cyclic N) is 1. The fourth-order valence-electron chi connectivity index (χ4n) is 4.51. The number of nitrogens with zero attached hydrogens (tertiary/aromatic N) is 3. The van der Waals surface area contributed by atoms with E-state index in [2.05, 4.69) is 20.6 Å². The van der Waals surface area contributed by atoms with Crippen LogP contribution in [-0.4, -0.2) is 70.9 Å². The van der Waals surface area contributed by atoms with Gasteiger partial charge in [0.25, 0.3) is 15.9 Å². The zero-order valence-electron chi connectivity index (χ0n) is 21.3. The van der Waals surface area contributed by atoms with Crippen molar-refractivity contribution in [3.8, 4) is 0 Å². The van der Waals surface area contributed by atoms with E-state index in [-0.39, 0.29) is 23.8 Å². The van der Waals surface area contributed by atoms with E-state index in [9.17, 15) is 23.1 Å². The SMILES string of the molecule is CCCC[C@H](NC(=O)c1ccc2ccccc2n1)C(=O)NC1CCCN(S(=O)(=O)c2ccccn2)CC1O. The topological polar surface area (TPSA) is 142 Å². The molecule has 0 bridgehead atoms. The molecule has 0 spiro atoms. The standard InChI is InChI=1S/C27H33N5O5S/c1-2-3-10-22(31-27(35)23-15-14-19-9-4-5-11-20(19)29-23)26(34)30-21-12-8-17-32(18-24(21)33)38(36,37)25-13-6-7-16-28-25/h4-7,9,11,13-16,21-22,24,33H,2-3,8,10,12,17-18H2,1H3,(H,30,34)(H,31,35)/t21?,22-,24?/m0/s1. The number of hydrogen-bond acceptors (Lipinski definition) is 7. The Morgan fingerprint density at radius 1 is 1.13 bits per heavy atom. The van der Waals surface area contributed by atoms with Crippen molar-refractivity contribution in [1.29, 1.82) is 0 Å².